The second-order valence-corrected chi connectivity index (χ2v) is 5.58. The summed E-state index contributed by atoms with van der Waals surface area (Å²) < 4.78 is 16.5. The minimum absolute atomic E-state index is 0.0551. The number of morpholine rings is 1. The van der Waals surface area contributed by atoms with Crippen molar-refractivity contribution < 1.29 is 19.0 Å². The number of carbonyl (C=O) groups is 1. The number of aromatic nitrogens is 2. The molecular weight excluding hydrogens is 322 g/mol. The van der Waals surface area contributed by atoms with Gasteiger partial charge >= 0.3 is 5.97 Å². The van der Waals surface area contributed by atoms with Crippen LogP contribution in [0.1, 0.15) is 17.3 Å². The maximum Gasteiger partial charge on any atom is 0.338 e. The zero-order chi connectivity index (χ0) is 17.5. The Kier molecular flexibility index (Phi) is 5.79. The summed E-state index contributed by atoms with van der Waals surface area (Å²) in [5.74, 6) is 1.20. The van der Waals surface area contributed by atoms with Gasteiger partial charge < -0.3 is 19.1 Å². The molecule has 1 fully saturated rings. The van der Waals surface area contributed by atoms with Gasteiger partial charge in [0, 0.05) is 19.3 Å². The fourth-order valence-electron chi connectivity index (χ4n) is 2.58. The monoisotopic (exact) mass is 343 g/mol. The van der Waals surface area contributed by atoms with Crippen LogP contribution in [-0.4, -0.2) is 55.2 Å². The first-order valence-corrected chi connectivity index (χ1v) is 8.30. The van der Waals surface area contributed by atoms with Crippen molar-refractivity contribution in [1.82, 2.24) is 10.2 Å². The fraction of sp³-hybridized carbons (Fsp3) is 0.389. The Morgan fingerprint density at radius 3 is 2.88 bits per heavy atom. The number of ether oxygens (including phenoxy) is 3. The molecular formula is C18H21N3O4. The third kappa shape index (κ3) is 4.67. The molecule has 0 saturated carbocycles. The summed E-state index contributed by atoms with van der Waals surface area (Å²) in [6.45, 7) is 4.66. The number of carbonyl (C=O) groups excluding carboxylic acids is 1. The predicted molar refractivity (Wildman–Crippen MR) is 91.9 cm³/mol. The highest BCUT2D eigenvalue weighted by Gasteiger charge is 2.22. The average Bonchev–Trinajstić information content (AvgIpc) is 2.68. The lowest BCUT2D eigenvalue weighted by atomic mass is 10.2. The van der Waals surface area contributed by atoms with Crippen LogP contribution in [0.2, 0.25) is 0 Å². The summed E-state index contributed by atoms with van der Waals surface area (Å²) in [5, 5.41) is 8.04. The highest BCUT2D eigenvalue weighted by Crippen LogP contribution is 2.17. The maximum absolute atomic E-state index is 11.6. The van der Waals surface area contributed by atoms with Crippen LogP contribution in [0.3, 0.4) is 0 Å². The van der Waals surface area contributed by atoms with Gasteiger partial charge in [0.1, 0.15) is 18.5 Å². The summed E-state index contributed by atoms with van der Waals surface area (Å²) in [7, 11) is 0. The predicted octanol–water partition coefficient (Wildman–Crippen LogP) is 1.94. The van der Waals surface area contributed by atoms with Crippen molar-refractivity contribution in [3.8, 4) is 5.75 Å². The van der Waals surface area contributed by atoms with Gasteiger partial charge in [-0.1, -0.05) is 0 Å². The van der Waals surface area contributed by atoms with Crippen LogP contribution in [0.25, 0.3) is 0 Å². The van der Waals surface area contributed by atoms with E-state index in [0.717, 1.165) is 12.4 Å². The van der Waals surface area contributed by atoms with Crippen LogP contribution in [0.15, 0.2) is 42.6 Å². The first kappa shape index (κ1) is 17.2. The molecule has 25 heavy (non-hydrogen) atoms. The molecule has 1 aliphatic heterocycles. The molecule has 2 heterocycles. The van der Waals surface area contributed by atoms with Crippen LogP contribution in [0.5, 0.6) is 5.75 Å². The van der Waals surface area contributed by atoms with Crippen molar-refractivity contribution in [1.29, 1.82) is 0 Å². The van der Waals surface area contributed by atoms with Gasteiger partial charge in [-0.3, -0.25) is 0 Å². The number of esters is 1. The second kappa shape index (κ2) is 8.43. The summed E-state index contributed by atoms with van der Waals surface area (Å²) in [6.07, 6.45) is 1.60. The second-order valence-electron chi connectivity index (χ2n) is 5.58. The van der Waals surface area contributed by atoms with E-state index in [0.29, 0.717) is 37.7 Å². The Hall–Kier alpha value is -2.67. The van der Waals surface area contributed by atoms with Crippen LogP contribution in [-0.2, 0) is 9.47 Å². The molecule has 0 bridgehead atoms. The maximum atomic E-state index is 11.6. The van der Waals surface area contributed by atoms with Gasteiger partial charge in [0.05, 0.1) is 18.8 Å². The number of hydrogen-bond acceptors (Lipinski definition) is 7. The normalized spacial score (nSPS) is 17.2. The standard InChI is InChI=1S/C18H21N3O4/c1-2-23-18(22)14-5-7-15(8-6-14)25-13-16-12-21(10-11-24-16)17-4-3-9-19-20-17/h3-9,16H,2,10-13H2,1H3. The van der Waals surface area contributed by atoms with E-state index in [9.17, 15) is 4.79 Å². The molecule has 1 aromatic heterocycles. The number of benzene rings is 1. The van der Waals surface area contributed by atoms with Gasteiger partial charge in [0.15, 0.2) is 5.82 Å². The molecule has 132 valence electrons. The van der Waals surface area contributed by atoms with Crippen molar-refractivity contribution in [2.24, 2.45) is 0 Å². The van der Waals surface area contributed by atoms with E-state index < -0.39 is 0 Å². The van der Waals surface area contributed by atoms with E-state index in [-0.39, 0.29) is 12.1 Å². The Balaban J connectivity index is 1.52. The smallest absolute Gasteiger partial charge is 0.338 e. The van der Waals surface area contributed by atoms with Crippen molar-refractivity contribution in [2.75, 3.05) is 37.8 Å². The van der Waals surface area contributed by atoms with Gasteiger partial charge in [0.2, 0.25) is 0 Å². The molecule has 0 amide bonds. The van der Waals surface area contributed by atoms with Crippen LogP contribution in [0.4, 0.5) is 5.82 Å². The van der Waals surface area contributed by atoms with Crippen molar-refractivity contribution in [3.63, 3.8) is 0 Å². The minimum atomic E-state index is -0.329. The van der Waals surface area contributed by atoms with Gasteiger partial charge in [-0.2, -0.15) is 5.10 Å². The molecule has 1 aromatic carbocycles. The SMILES string of the molecule is CCOC(=O)c1ccc(OCC2CN(c3cccnn3)CCO2)cc1. The molecule has 7 heteroatoms. The fourth-order valence-corrected chi connectivity index (χ4v) is 2.58. The zero-order valence-electron chi connectivity index (χ0n) is 14.1. The van der Waals surface area contributed by atoms with E-state index in [2.05, 4.69) is 15.1 Å². The summed E-state index contributed by atoms with van der Waals surface area (Å²) in [5.41, 5.74) is 0.511. The van der Waals surface area contributed by atoms with E-state index in [1.807, 2.05) is 12.1 Å². The zero-order valence-corrected chi connectivity index (χ0v) is 14.1. The van der Waals surface area contributed by atoms with Gasteiger partial charge in [-0.25, -0.2) is 4.79 Å². The van der Waals surface area contributed by atoms with Gasteiger partial charge in [-0.05, 0) is 43.3 Å². The van der Waals surface area contributed by atoms with Crippen LogP contribution in [0, 0.1) is 0 Å². The third-order valence-electron chi connectivity index (χ3n) is 3.82. The molecule has 1 saturated heterocycles. The molecule has 0 radical (unpaired) electrons. The van der Waals surface area contributed by atoms with Crippen LogP contribution >= 0.6 is 0 Å². The van der Waals surface area contributed by atoms with E-state index in [4.69, 9.17) is 14.2 Å². The lowest BCUT2D eigenvalue weighted by molar-refractivity contribution is 0.00999. The summed E-state index contributed by atoms with van der Waals surface area (Å²) in [6, 6.07) is 10.7. The molecule has 3 rings (SSSR count). The molecule has 1 unspecified atom stereocenters. The molecule has 2 aromatic rings. The molecule has 0 spiro atoms. The third-order valence-corrected chi connectivity index (χ3v) is 3.82. The Labute approximate surface area is 146 Å². The Morgan fingerprint density at radius 2 is 2.16 bits per heavy atom. The Morgan fingerprint density at radius 1 is 1.32 bits per heavy atom. The number of rotatable bonds is 6. The van der Waals surface area contributed by atoms with Crippen molar-refractivity contribution in [2.45, 2.75) is 13.0 Å². The average molecular weight is 343 g/mol. The topological polar surface area (TPSA) is 73.8 Å². The van der Waals surface area contributed by atoms with E-state index in [1.54, 1.807) is 37.4 Å². The summed E-state index contributed by atoms with van der Waals surface area (Å²) >= 11 is 0. The van der Waals surface area contributed by atoms with Crippen molar-refractivity contribution >= 4 is 11.8 Å². The van der Waals surface area contributed by atoms with E-state index >= 15 is 0 Å². The van der Waals surface area contributed by atoms with Crippen LogP contribution < -0.4 is 9.64 Å². The van der Waals surface area contributed by atoms with Crippen molar-refractivity contribution in [3.05, 3.63) is 48.2 Å². The number of anilines is 1. The molecule has 1 atom stereocenters. The first-order valence-electron chi connectivity index (χ1n) is 8.30. The number of hydrogen-bond donors (Lipinski definition) is 0. The van der Waals surface area contributed by atoms with E-state index in [1.165, 1.54) is 0 Å². The number of nitrogens with zero attached hydrogens (tertiary/aromatic N) is 3. The minimum Gasteiger partial charge on any atom is -0.491 e. The highest BCUT2D eigenvalue weighted by atomic mass is 16.5. The Bertz CT molecular complexity index is 678. The molecule has 7 nitrogen and oxygen atoms in total. The molecule has 0 aliphatic carbocycles. The van der Waals surface area contributed by atoms with Gasteiger partial charge in [0.25, 0.3) is 0 Å². The quantitative estimate of drug-likeness (QED) is 0.742. The molecule has 1 aliphatic rings. The lowest BCUT2D eigenvalue weighted by Gasteiger charge is -2.33. The largest absolute Gasteiger partial charge is 0.491 e. The highest BCUT2D eigenvalue weighted by molar-refractivity contribution is 5.89. The first-order chi connectivity index (χ1) is 12.3. The summed E-state index contributed by atoms with van der Waals surface area (Å²) in [4.78, 5) is 13.8. The van der Waals surface area contributed by atoms with Gasteiger partial charge in [-0.15, -0.1) is 5.10 Å². The molecule has 0 N–H and O–H groups in total. The lowest BCUT2D eigenvalue weighted by Crippen LogP contribution is -2.45.